The summed E-state index contributed by atoms with van der Waals surface area (Å²) in [4.78, 5) is 21.3. The van der Waals surface area contributed by atoms with E-state index in [1.165, 1.54) is 6.07 Å². The normalized spacial score (nSPS) is 10.2. The van der Waals surface area contributed by atoms with Gasteiger partial charge in [0, 0.05) is 12.5 Å². The van der Waals surface area contributed by atoms with Gasteiger partial charge < -0.3 is 5.73 Å². The summed E-state index contributed by atoms with van der Waals surface area (Å²) in [5, 5.41) is 11.0. The van der Waals surface area contributed by atoms with Gasteiger partial charge in [-0.05, 0) is 23.6 Å². The van der Waals surface area contributed by atoms with E-state index in [0.29, 0.717) is 18.4 Å². The molecular weight excluding hydrogens is 256 g/mol. The molecule has 0 saturated carbocycles. The largest absolute Gasteiger partial charge is 0.370 e. The van der Waals surface area contributed by atoms with Gasteiger partial charge >= 0.3 is 0 Å². The highest BCUT2D eigenvalue weighted by Crippen LogP contribution is 2.29. The third-order valence-corrected chi connectivity index (χ3v) is 3.03. The summed E-state index contributed by atoms with van der Waals surface area (Å²) in [6, 6.07) is 14.0. The van der Waals surface area contributed by atoms with Crippen LogP contribution in [-0.4, -0.2) is 10.8 Å². The lowest BCUT2D eigenvalue weighted by Gasteiger charge is -2.05. The molecule has 2 N–H and O–H groups in total. The molecule has 1 amide bonds. The van der Waals surface area contributed by atoms with Crippen LogP contribution in [0.25, 0.3) is 11.1 Å². The molecule has 5 nitrogen and oxygen atoms in total. The second kappa shape index (κ2) is 5.97. The minimum absolute atomic E-state index is 0.0809. The predicted octanol–water partition coefficient (Wildman–Crippen LogP) is 2.68. The Kier molecular flexibility index (Phi) is 4.10. The van der Waals surface area contributed by atoms with E-state index in [4.69, 9.17) is 5.73 Å². The molecule has 0 atom stereocenters. The SMILES string of the molecule is NC(=O)CCc1ccc(-c2ccccc2[N+](=O)[O-])cc1. The number of nitrogens with two attached hydrogens (primary N) is 1. The third kappa shape index (κ3) is 3.20. The van der Waals surface area contributed by atoms with E-state index in [-0.39, 0.29) is 11.6 Å². The molecule has 2 aromatic rings. The second-order valence-electron chi connectivity index (χ2n) is 4.44. The van der Waals surface area contributed by atoms with Crippen molar-refractivity contribution in [2.75, 3.05) is 0 Å². The first-order valence-electron chi connectivity index (χ1n) is 6.19. The van der Waals surface area contributed by atoms with E-state index in [2.05, 4.69) is 0 Å². The Hall–Kier alpha value is -2.69. The summed E-state index contributed by atoms with van der Waals surface area (Å²) >= 11 is 0. The minimum atomic E-state index is -0.393. The first-order chi connectivity index (χ1) is 9.58. The van der Waals surface area contributed by atoms with Gasteiger partial charge in [-0.1, -0.05) is 36.4 Å². The lowest BCUT2D eigenvalue weighted by molar-refractivity contribution is -0.384. The molecule has 0 aromatic heterocycles. The lowest BCUT2D eigenvalue weighted by Crippen LogP contribution is -2.11. The van der Waals surface area contributed by atoms with Crippen LogP contribution in [0.5, 0.6) is 0 Å². The van der Waals surface area contributed by atoms with Crippen molar-refractivity contribution in [2.45, 2.75) is 12.8 Å². The van der Waals surface area contributed by atoms with Crippen LogP contribution in [-0.2, 0) is 11.2 Å². The van der Waals surface area contributed by atoms with E-state index < -0.39 is 4.92 Å². The van der Waals surface area contributed by atoms with Crippen molar-refractivity contribution in [3.63, 3.8) is 0 Å². The van der Waals surface area contributed by atoms with Gasteiger partial charge in [0.2, 0.25) is 5.91 Å². The standard InChI is InChI=1S/C15H14N2O3/c16-15(18)10-7-11-5-8-12(9-6-11)13-3-1-2-4-14(13)17(19)20/h1-6,8-9H,7,10H2,(H2,16,18). The smallest absolute Gasteiger partial charge is 0.277 e. The maximum atomic E-state index is 11.0. The molecule has 0 spiro atoms. The summed E-state index contributed by atoms with van der Waals surface area (Å²) in [7, 11) is 0. The summed E-state index contributed by atoms with van der Waals surface area (Å²) in [5.74, 6) is -0.340. The Labute approximate surface area is 116 Å². The molecule has 0 saturated heterocycles. The Morgan fingerprint density at radius 3 is 2.35 bits per heavy atom. The fourth-order valence-electron chi connectivity index (χ4n) is 2.00. The number of nitro groups is 1. The molecule has 0 radical (unpaired) electrons. The highest BCUT2D eigenvalue weighted by atomic mass is 16.6. The topological polar surface area (TPSA) is 86.2 Å². The van der Waals surface area contributed by atoms with E-state index in [1.807, 2.05) is 24.3 Å². The molecule has 0 aliphatic heterocycles. The van der Waals surface area contributed by atoms with Crippen LogP contribution in [0, 0.1) is 10.1 Å². The average Bonchev–Trinajstić information content (AvgIpc) is 2.45. The van der Waals surface area contributed by atoms with Crippen LogP contribution >= 0.6 is 0 Å². The zero-order valence-electron chi connectivity index (χ0n) is 10.8. The number of hydrogen-bond acceptors (Lipinski definition) is 3. The highest BCUT2D eigenvalue weighted by molar-refractivity contribution is 5.75. The Morgan fingerprint density at radius 2 is 1.75 bits per heavy atom. The van der Waals surface area contributed by atoms with Crippen LogP contribution in [0.3, 0.4) is 0 Å². The zero-order chi connectivity index (χ0) is 14.5. The number of hydrogen-bond donors (Lipinski definition) is 1. The Morgan fingerprint density at radius 1 is 1.10 bits per heavy atom. The fraction of sp³-hybridized carbons (Fsp3) is 0.133. The monoisotopic (exact) mass is 270 g/mol. The van der Waals surface area contributed by atoms with Gasteiger partial charge in [0.25, 0.3) is 5.69 Å². The third-order valence-electron chi connectivity index (χ3n) is 3.03. The summed E-state index contributed by atoms with van der Waals surface area (Å²) in [6.45, 7) is 0. The van der Waals surface area contributed by atoms with E-state index in [1.54, 1.807) is 18.2 Å². The zero-order valence-corrected chi connectivity index (χ0v) is 10.8. The van der Waals surface area contributed by atoms with Crippen LogP contribution in [0.4, 0.5) is 5.69 Å². The molecule has 0 unspecified atom stereocenters. The Bertz CT molecular complexity index is 636. The number of para-hydroxylation sites is 1. The maximum Gasteiger partial charge on any atom is 0.277 e. The average molecular weight is 270 g/mol. The van der Waals surface area contributed by atoms with Crippen LogP contribution in [0.15, 0.2) is 48.5 Å². The van der Waals surface area contributed by atoms with Gasteiger partial charge in [-0.2, -0.15) is 0 Å². The lowest BCUT2D eigenvalue weighted by atomic mass is 10.0. The van der Waals surface area contributed by atoms with Crippen molar-refractivity contribution in [1.82, 2.24) is 0 Å². The van der Waals surface area contributed by atoms with Gasteiger partial charge in [-0.15, -0.1) is 0 Å². The van der Waals surface area contributed by atoms with Crippen molar-refractivity contribution in [2.24, 2.45) is 5.73 Å². The molecule has 102 valence electrons. The quantitative estimate of drug-likeness (QED) is 0.669. The summed E-state index contributed by atoms with van der Waals surface area (Å²) in [6.07, 6.45) is 0.872. The summed E-state index contributed by atoms with van der Waals surface area (Å²) in [5.41, 5.74) is 7.52. The van der Waals surface area contributed by atoms with Gasteiger partial charge in [-0.25, -0.2) is 0 Å². The van der Waals surface area contributed by atoms with Crippen molar-refractivity contribution in [1.29, 1.82) is 0 Å². The van der Waals surface area contributed by atoms with Gasteiger partial charge in [-0.3, -0.25) is 14.9 Å². The number of primary amides is 1. The minimum Gasteiger partial charge on any atom is -0.370 e. The number of carbonyl (C=O) groups is 1. The molecule has 0 aliphatic carbocycles. The van der Waals surface area contributed by atoms with E-state index in [0.717, 1.165) is 11.1 Å². The molecule has 2 rings (SSSR count). The predicted molar refractivity (Wildman–Crippen MR) is 76.0 cm³/mol. The van der Waals surface area contributed by atoms with Gasteiger partial charge in [0.1, 0.15) is 0 Å². The van der Waals surface area contributed by atoms with Crippen molar-refractivity contribution < 1.29 is 9.72 Å². The van der Waals surface area contributed by atoms with E-state index >= 15 is 0 Å². The second-order valence-corrected chi connectivity index (χ2v) is 4.44. The van der Waals surface area contributed by atoms with Crippen LogP contribution < -0.4 is 5.73 Å². The first-order valence-corrected chi connectivity index (χ1v) is 6.19. The number of amides is 1. The number of rotatable bonds is 5. The number of nitro benzene ring substituents is 1. The molecule has 0 fully saturated rings. The highest BCUT2D eigenvalue weighted by Gasteiger charge is 2.13. The number of nitrogens with zero attached hydrogens (tertiary/aromatic N) is 1. The molecule has 0 bridgehead atoms. The van der Waals surface area contributed by atoms with Crippen molar-refractivity contribution in [3.8, 4) is 11.1 Å². The van der Waals surface area contributed by atoms with Crippen molar-refractivity contribution in [3.05, 3.63) is 64.2 Å². The Balaban J connectivity index is 2.26. The van der Waals surface area contributed by atoms with Crippen molar-refractivity contribution >= 4 is 11.6 Å². The number of carbonyl (C=O) groups excluding carboxylic acids is 1. The van der Waals surface area contributed by atoms with Gasteiger partial charge in [0.15, 0.2) is 0 Å². The maximum absolute atomic E-state index is 11.0. The fourth-order valence-corrected chi connectivity index (χ4v) is 2.00. The van der Waals surface area contributed by atoms with Gasteiger partial charge in [0.05, 0.1) is 10.5 Å². The van der Waals surface area contributed by atoms with Crippen LogP contribution in [0.2, 0.25) is 0 Å². The molecule has 0 aliphatic rings. The molecule has 5 heteroatoms. The molecule has 0 heterocycles. The van der Waals surface area contributed by atoms with E-state index in [9.17, 15) is 14.9 Å². The molecule has 2 aromatic carbocycles. The first kappa shape index (κ1) is 13.7. The van der Waals surface area contributed by atoms with Crippen LogP contribution in [0.1, 0.15) is 12.0 Å². The number of benzene rings is 2. The number of aryl methyl sites for hydroxylation is 1. The molecular formula is C15H14N2O3. The molecule has 20 heavy (non-hydrogen) atoms. The summed E-state index contributed by atoms with van der Waals surface area (Å²) < 4.78 is 0.